The van der Waals surface area contributed by atoms with Crippen molar-refractivity contribution in [3.63, 3.8) is 0 Å². The van der Waals surface area contributed by atoms with Crippen molar-refractivity contribution >= 4 is 28.4 Å². The van der Waals surface area contributed by atoms with Gasteiger partial charge >= 0.3 is 21.1 Å². The van der Waals surface area contributed by atoms with Gasteiger partial charge in [-0.15, -0.1) is 65.8 Å². The molecule has 6 aromatic rings. The van der Waals surface area contributed by atoms with Crippen LogP contribution >= 0.6 is 0 Å². The minimum atomic E-state index is 0. The van der Waals surface area contributed by atoms with Crippen LogP contribution in [-0.2, 0) is 42.1 Å². The Balaban J connectivity index is 0.000000537. The molecule has 49 heavy (non-hydrogen) atoms. The Labute approximate surface area is 318 Å². The molecule has 0 spiro atoms. The first-order valence-corrected chi connectivity index (χ1v) is 15.0. The van der Waals surface area contributed by atoms with Crippen LogP contribution in [0.4, 0.5) is 28.4 Å². The summed E-state index contributed by atoms with van der Waals surface area (Å²) in [6.07, 6.45) is 15.8. The third-order valence-electron chi connectivity index (χ3n) is 7.51. The molecule has 2 aromatic heterocycles. The summed E-state index contributed by atoms with van der Waals surface area (Å²) in [5.74, 6) is 0. The van der Waals surface area contributed by atoms with Gasteiger partial charge in [-0.3, -0.25) is 11.1 Å². The Kier molecular flexibility index (Phi) is 13.3. The third-order valence-corrected chi connectivity index (χ3v) is 7.51. The number of hydrogen-bond donors (Lipinski definition) is 0. The van der Waals surface area contributed by atoms with Crippen molar-refractivity contribution in [2.24, 2.45) is 0 Å². The second kappa shape index (κ2) is 17.5. The van der Waals surface area contributed by atoms with Crippen LogP contribution in [0.3, 0.4) is 0 Å². The fraction of sp³-hybridized carbons (Fsp3) is 0.0732. The largest absolute Gasteiger partial charge is 4.00 e. The monoisotopic (exact) mass is 997 g/mol. The first-order chi connectivity index (χ1) is 23.0. The molecular weight excluding hydrogens is 967 g/mol. The van der Waals surface area contributed by atoms with Crippen molar-refractivity contribution in [1.29, 1.82) is 0 Å². The normalized spacial score (nSPS) is 11.4. The minimum absolute atomic E-state index is 0. The van der Waals surface area contributed by atoms with Crippen molar-refractivity contribution in [3.8, 4) is 28.4 Å². The molecule has 8 heteroatoms. The van der Waals surface area contributed by atoms with Gasteiger partial charge in [-0.2, -0.15) is 49.1 Å². The van der Waals surface area contributed by atoms with Crippen LogP contribution in [0, 0.1) is 49.5 Å². The van der Waals surface area contributed by atoms with Gasteiger partial charge in [-0.1, -0.05) is 29.0 Å². The van der Waals surface area contributed by atoms with Crippen LogP contribution in [0.25, 0.3) is 22.4 Å². The number of para-hydroxylation sites is 1. The molecule has 0 radical (unpaired) electrons. The van der Waals surface area contributed by atoms with Gasteiger partial charge in [0.15, 0.2) is 0 Å². The summed E-state index contributed by atoms with van der Waals surface area (Å²) < 4.78 is 1.54. The van der Waals surface area contributed by atoms with Crippen molar-refractivity contribution in [3.05, 3.63) is 171 Å². The van der Waals surface area contributed by atoms with E-state index < -0.39 is 0 Å². The number of aromatic nitrogens is 2. The van der Waals surface area contributed by atoms with Crippen molar-refractivity contribution < 1.29 is 42.1 Å². The molecule has 0 atom stereocenters. The van der Waals surface area contributed by atoms with Crippen LogP contribution < -0.4 is 14.7 Å². The molecule has 6 nitrogen and oxygen atoms in total. The topological polar surface area (TPSA) is 30.8 Å². The Morgan fingerprint density at radius 1 is 0.714 bits per heavy atom. The maximum Gasteiger partial charge on any atom is 4.00 e. The van der Waals surface area contributed by atoms with Crippen LogP contribution in [0.15, 0.2) is 128 Å². The first kappa shape index (κ1) is 37.0. The SMILES string of the molecule is CN1C=CN(c2[c-]c(N(C)c3[c-]c(-c4cc(-c5[c-]c(N(C)c6[c-]cccc6)ccc5)[c-]cn4)ccc3)ccc2)[CH-]1.[C-]#Cn1cccc1.[Pt+4].[Pt]. The van der Waals surface area contributed by atoms with Crippen LogP contribution in [0.5, 0.6) is 0 Å². The van der Waals surface area contributed by atoms with Crippen LogP contribution in [0.2, 0.25) is 0 Å². The van der Waals surface area contributed by atoms with Crippen LogP contribution in [-0.4, -0.2) is 35.6 Å². The van der Waals surface area contributed by atoms with E-state index in [1.54, 1.807) is 23.2 Å². The average molecular weight is 998 g/mol. The van der Waals surface area contributed by atoms with Crippen molar-refractivity contribution in [2.45, 2.75) is 0 Å². The number of rotatable bonds is 7. The summed E-state index contributed by atoms with van der Waals surface area (Å²) in [5, 5.41) is 0. The second-order valence-electron chi connectivity index (χ2n) is 10.7. The molecule has 0 aliphatic carbocycles. The summed E-state index contributed by atoms with van der Waals surface area (Å²) in [5.41, 5.74) is 8.38. The number of hydrogen-bond acceptors (Lipinski definition) is 5. The number of pyridine rings is 1. The molecule has 0 saturated heterocycles. The van der Waals surface area contributed by atoms with Crippen molar-refractivity contribution in [2.75, 3.05) is 35.8 Å². The van der Waals surface area contributed by atoms with E-state index in [0.29, 0.717) is 0 Å². The zero-order chi connectivity index (χ0) is 32.6. The second-order valence-corrected chi connectivity index (χ2v) is 10.7. The standard InChI is InChI=1S/C35H27N5.C6H4N.2Pt/c1-37-20-21-40(26-37)34-17-9-16-33(25-34)39(3)32-15-8-11-29(23-32)35-24-28(18-19-36-35)27-10-7-14-31(22-27)38(2)30-12-5-4-6-13-30;1-2-7-5-3-4-6-7;;/h4-12,14-17,19-21,24,26H,1-3H3;3-6H;;/q-6;-1;;+4. The maximum absolute atomic E-state index is 6.57. The first-order valence-electron chi connectivity index (χ1n) is 15.0. The molecular formula is C41H31N6Pt2-3. The fourth-order valence-corrected chi connectivity index (χ4v) is 4.95. The van der Waals surface area contributed by atoms with E-state index in [1.165, 1.54) is 0 Å². The number of anilines is 5. The zero-order valence-corrected chi connectivity index (χ0v) is 31.6. The van der Waals surface area contributed by atoms with Gasteiger partial charge in [0.2, 0.25) is 0 Å². The molecule has 3 heterocycles. The van der Waals surface area contributed by atoms with E-state index in [2.05, 4.69) is 51.2 Å². The zero-order valence-electron chi connectivity index (χ0n) is 27.0. The molecule has 1 aliphatic rings. The van der Waals surface area contributed by atoms with Gasteiger partial charge in [0.1, 0.15) is 0 Å². The molecule has 7 rings (SSSR count). The van der Waals surface area contributed by atoms with E-state index in [4.69, 9.17) is 6.42 Å². The van der Waals surface area contributed by atoms with Gasteiger partial charge in [-0.25, -0.2) is 24.2 Å². The Hall–Kier alpha value is -4.81. The Bertz CT molecular complexity index is 2000. The molecule has 0 saturated carbocycles. The quantitative estimate of drug-likeness (QED) is 0.119. The van der Waals surface area contributed by atoms with Gasteiger partial charge in [0.25, 0.3) is 0 Å². The summed E-state index contributed by atoms with van der Waals surface area (Å²) in [7, 11) is 6.05. The predicted molar refractivity (Wildman–Crippen MR) is 189 cm³/mol. The summed E-state index contributed by atoms with van der Waals surface area (Å²) >= 11 is 0. The van der Waals surface area contributed by atoms with Crippen LogP contribution in [0.1, 0.15) is 0 Å². The van der Waals surface area contributed by atoms with E-state index in [9.17, 15) is 0 Å². The Morgan fingerprint density at radius 3 is 1.98 bits per heavy atom. The van der Waals surface area contributed by atoms with Crippen molar-refractivity contribution in [1.82, 2.24) is 14.5 Å². The molecule has 248 valence electrons. The minimum Gasteiger partial charge on any atom is -0.669 e. The average Bonchev–Trinajstić information content (AvgIpc) is 3.84. The van der Waals surface area contributed by atoms with E-state index in [-0.39, 0.29) is 42.1 Å². The molecule has 0 fully saturated rings. The summed E-state index contributed by atoms with van der Waals surface area (Å²) in [6.45, 7) is 2.02. The molecule has 1 aliphatic heterocycles. The molecule has 0 N–H and O–H groups in total. The number of benzene rings is 4. The third kappa shape index (κ3) is 9.21. The van der Waals surface area contributed by atoms with E-state index >= 15 is 0 Å². The molecule has 0 amide bonds. The summed E-state index contributed by atoms with van der Waals surface area (Å²) in [6, 6.07) is 51.4. The number of nitrogens with zero attached hydrogens (tertiary/aromatic N) is 6. The van der Waals surface area contributed by atoms with E-state index in [1.807, 2.05) is 147 Å². The molecule has 0 bridgehead atoms. The maximum atomic E-state index is 6.57. The fourth-order valence-electron chi connectivity index (χ4n) is 4.95. The van der Waals surface area contributed by atoms with E-state index in [0.717, 1.165) is 50.8 Å². The smallest absolute Gasteiger partial charge is 0.669 e. The van der Waals surface area contributed by atoms with Gasteiger partial charge in [-0.05, 0) is 37.3 Å². The van der Waals surface area contributed by atoms with Gasteiger partial charge in [0.05, 0.1) is 0 Å². The molecule has 0 unspecified atom stereocenters. The Morgan fingerprint density at radius 2 is 1.35 bits per heavy atom. The van der Waals surface area contributed by atoms with Gasteiger partial charge in [0, 0.05) is 47.6 Å². The predicted octanol–water partition coefficient (Wildman–Crippen LogP) is 8.17. The van der Waals surface area contributed by atoms with Gasteiger partial charge < -0.3 is 35.6 Å². The summed E-state index contributed by atoms with van der Waals surface area (Å²) in [4.78, 5) is 12.8. The molecule has 4 aromatic carbocycles.